The van der Waals surface area contributed by atoms with E-state index in [0.717, 1.165) is 0 Å². The highest BCUT2D eigenvalue weighted by Gasteiger charge is 2.11. The van der Waals surface area contributed by atoms with Crippen LogP contribution < -0.4 is 0 Å². The van der Waals surface area contributed by atoms with Crippen molar-refractivity contribution in [2.24, 2.45) is 0 Å². The summed E-state index contributed by atoms with van der Waals surface area (Å²) in [7, 11) is 0. The van der Waals surface area contributed by atoms with Gasteiger partial charge in [-0.1, -0.05) is 11.6 Å². The van der Waals surface area contributed by atoms with Gasteiger partial charge < -0.3 is 5.11 Å². The summed E-state index contributed by atoms with van der Waals surface area (Å²) in [6, 6.07) is 0. The van der Waals surface area contributed by atoms with Crippen molar-refractivity contribution in [1.82, 2.24) is 0 Å². The van der Waals surface area contributed by atoms with Gasteiger partial charge in [-0.2, -0.15) is 0 Å². The maximum Gasteiger partial charge on any atom is 0.351 e. The Morgan fingerprint density at radius 1 is 1.86 bits per heavy atom. The van der Waals surface area contributed by atoms with Crippen molar-refractivity contribution < 1.29 is 20.0 Å². The highest BCUT2D eigenvalue weighted by atomic mass is 35.5. The molecule has 5 heteroatoms. The van der Waals surface area contributed by atoms with Crippen LogP contribution in [0.25, 0.3) is 0 Å². The quantitative estimate of drug-likeness (QED) is 0.313. The SMILES string of the molecule is O=C(O)C(Cl)OO. The van der Waals surface area contributed by atoms with Gasteiger partial charge in [-0.25, -0.2) is 14.9 Å². The average molecular weight is 126 g/mol. The Morgan fingerprint density at radius 2 is 2.29 bits per heavy atom. The molecule has 2 N–H and O–H groups in total. The Balaban J connectivity index is 3.34. The van der Waals surface area contributed by atoms with E-state index in [1.165, 1.54) is 0 Å². The first-order valence-electron chi connectivity index (χ1n) is 1.35. The molecule has 0 aliphatic carbocycles. The number of halogens is 1. The summed E-state index contributed by atoms with van der Waals surface area (Å²) in [6.07, 6.45) is 0. The number of aliphatic carboxylic acids is 1. The van der Waals surface area contributed by atoms with Crippen LogP contribution in [0.5, 0.6) is 0 Å². The predicted octanol–water partition coefficient (Wildman–Crippen LogP) is 0.125. The molecule has 0 bridgehead atoms. The summed E-state index contributed by atoms with van der Waals surface area (Å²) in [5, 5.41) is 15.3. The third-order valence-electron chi connectivity index (χ3n) is 0.287. The second kappa shape index (κ2) is 2.79. The molecular weight excluding hydrogens is 123 g/mol. The third kappa shape index (κ3) is 2.38. The van der Waals surface area contributed by atoms with E-state index in [1.54, 1.807) is 0 Å². The number of hydrogen-bond acceptors (Lipinski definition) is 3. The number of carbonyl (C=O) groups is 1. The molecule has 0 aromatic heterocycles. The molecule has 0 saturated heterocycles. The van der Waals surface area contributed by atoms with Crippen LogP contribution in [0.1, 0.15) is 0 Å². The van der Waals surface area contributed by atoms with E-state index in [-0.39, 0.29) is 0 Å². The Morgan fingerprint density at radius 3 is 2.29 bits per heavy atom. The average Bonchev–Trinajstić information content (AvgIpc) is 1.65. The Labute approximate surface area is 44.2 Å². The molecule has 0 aromatic carbocycles. The van der Waals surface area contributed by atoms with E-state index in [4.69, 9.17) is 22.0 Å². The lowest BCUT2D eigenvalue weighted by Crippen LogP contribution is -2.14. The molecule has 0 saturated carbocycles. The van der Waals surface area contributed by atoms with Crippen LogP contribution in [0.15, 0.2) is 0 Å². The Hall–Kier alpha value is -0.320. The van der Waals surface area contributed by atoms with Crippen molar-refractivity contribution in [3.05, 3.63) is 0 Å². The van der Waals surface area contributed by atoms with Gasteiger partial charge in [-0.15, -0.1) is 0 Å². The van der Waals surface area contributed by atoms with Gasteiger partial charge >= 0.3 is 5.97 Å². The van der Waals surface area contributed by atoms with E-state index in [0.29, 0.717) is 0 Å². The first-order chi connectivity index (χ1) is 3.18. The second-order valence-corrected chi connectivity index (χ2v) is 1.16. The van der Waals surface area contributed by atoms with Crippen LogP contribution in [0, 0.1) is 0 Å². The molecule has 0 spiro atoms. The summed E-state index contributed by atoms with van der Waals surface area (Å²) in [6.45, 7) is 0. The molecule has 1 unspecified atom stereocenters. The third-order valence-corrected chi connectivity index (χ3v) is 0.553. The van der Waals surface area contributed by atoms with Crippen LogP contribution in [-0.4, -0.2) is 21.9 Å². The van der Waals surface area contributed by atoms with Gasteiger partial charge in [-0.3, -0.25) is 0 Å². The maximum absolute atomic E-state index is 9.51. The van der Waals surface area contributed by atoms with Gasteiger partial charge in [0.15, 0.2) is 0 Å². The first-order valence-corrected chi connectivity index (χ1v) is 1.79. The van der Waals surface area contributed by atoms with Gasteiger partial charge in [0, 0.05) is 0 Å². The van der Waals surface area contributed by atoms with Crippen LogP contribution in [0.2, 0.25) is 0 Å². The number of rotatable bonds is 2. The summed E-state index contributed by atoms with van der Waals surface area (Å²) >= 11 is 4.73. The molecule has 4 nitrogen and oxygen atoms in total. The molecule has 0 radical (unpaired) electrons. The monoisotopic (exact) mass is 126 g/mol. The highest BCUT2D eigenvalue weighted by molar-refractivity contribution is 6.28. The number of alkyl halides is 1. The van der Waals surface area contributed by atoms with Crippen LogP contribution in [0.4, 0.5) is 0 Å². The van der Waals surface area contributed by atoms with Crippen molar-refractivity contribution in [2.45, 2.75) is 5.56 Å². The minimum Gasteiger partial charge on any atom is -0.478 e. The van der Waals surface area contributed by atoms with E-state index < -0.39 is 11.5 Å². The molecule has 0 heterocycles. The zero-order valence-corrected chi connectivity index (χ0v) is 3.92. The fourth-order valence-electron chi connectivity index (χ4n) is 0.0451. The van der Waals surface area contributed by atoms with Crippen molar-refractivity contribution in [3.63, 3.8) is 0 Å². The lowest BCUT2D eigenvalue weighted by Gasteiger charge is -1.93. The van der Waals surface area contributed by atoms with Crippen LogP contribution >= 0.6 is 11.6 Å². The molecule has 0 rings (SSSR count). The van der Waals surface area contributed by atoms with Crippen molar-refractivity contribution in [3.8, 4) is 0 Å². The summed E-state index contributed by atoms with van der Waals surface area (Å²) in [5.41, 5.74) is -1.65. The molecule has 0 aliphatic heterocycles. The van der Waals surface area contributed by atoms with Gasteiger partial charge in [-0.05, 0) is 0 Å². The number of carboxylic acid groups (broad SMARTS) is 1. The lowest BCUT2D eigenvalue weighted by molar-refractivity contribution is -0.256. The highest BCUT2D eigenvalue weighted by Crippen LogP contribution is 1.92. The zero-order chi connectivity index (χ0) is 5.86. The second-order valence-electron chi connectivity index (χ2n) is 0.760. The number of hydrogen-bond donors (Lipinski definition) is 2. The normalized spacial score (nSPS) is 13.4. The van der Waals surface area contributed by atoms with Gasteiger partial charge in [0.1, 0.15) is 0 Å². The topological polar surface area (TPSA) is 66.8 Å². The van der Waals surface area contributed by atoms with E-state index in [1.807, 2.05) is 0 Å². The zero-order valence-electron chi connectivity index (χ0n) is 3.17. The number of carboxylic acids is 1. The van der Waals surface area contributed by atoms with Gasteiger partial charge in [0.25, 0.3) is 5.56 Å². The minimum absolute atomic E-state index is 1.41. The lowest BCUT2D eigenvalue weighted by atomic mass is 10.7. The van der Waals surface area contributed by atoms with E-state index >= 15 is 0 Å². The standard InChI is InChI=1S/C2H3ClO4/c3-1(7-6)2(4)5/h1,6H,(H,4,5). The van der Waals surface area contributed by atoms with E-state index in [2.05, 4.69) is 4.89 Å². The Kier molecular flexibility index (Phi) is 2.66. The van der Waals surface area contributed by atoms with Crippen LogP contribution in [-0.2, 0) is 9.68 Å². The van der Waals surface area contributed by atoms with E-state index in [9.17, 15) is 4.79 Å². The summed E-state index contributed by atoms with van der Waals surface area (Å²) < 4.78 is 0. The van der Waals surface area contributed by atoms with Gasteiger partial charge in [0.05, 0.1) is 0 Å². The Bertz CT molecular complexity index is 72.1. The molecule has 0 amide bonds. The van der Waals surface area contributed by atoms with Crippen molar-refractivity contribution >= 4 is 17.6 Å². The molecule has 0 fully saturated rings. The fraction of sp³-hybridized carbons (Fsp3) is 0.500. The largest absolute Gasteiger partial charge is 0.478 e. The van der Waals surface area contributed by atoms with Gasteiger partial charge in [0.2, 0.25) is 0 Å². The molecule has 7 heavy (non-hydrogen) atoms. The molecule has 0 aromatic rings. The van der Waals surface area contributed by atoms with Crippen LogP contribution in [0.3, 0.4) is 0 Å². The smallest absolute Gasteiger partial charge is 0.351 e. The first kappa shape index (κ1) is 6.68. The molecule has 0 aliphatic rings. The maximum atomic E-state index is 9.51. The fourth-order valence-corrected chi connectivity index (χ4v) is 0.0451. The molecular formula is C2H3ClO4. The van der Waals surface area contributed by atoms with Crippen molar-refractivity contribution in [1.29, 1.82) is 0 Å². The summed E-state index contributed by atoms with van der Waals surface area (Å²) in [5.74, 6) is -1.41. The summed E-state index contributed by atoms with van der Waals surface area (Å²) in [4.78, 5) is 12.7. The minimum atomic E-state index is -1.65. The molecule has 1 atom stereocenters. The van der Waals surface area contributed by atoms with Crippen molar-refractivity contribution in [2.75, 3.05) is 0 Å². The predicted molar refractivity (Wildman–Crippen MR) is 21.0 cm³/mol. The molecule has 42 valence electrons.